The van der Waals surface area contributed by atoms with Gasteiger partial charge >= 0.3 is 0 Å². The second kappa shape index (κ2) is 4.82. The van der Waals surface area contributed by atoms with Crippen LogP contribution in [0.5, 0.6) is 5.75 Å². The summed E-state index contributed by atoms with van der Waals surface area (Å²) >= 11 is 12.1. The Bertz CT molecular complexity index is 389. The Morgan fingerprint density at radius 3 is 2.31 bits per heavy atom. The van der Waals surface area contributed by atoms with E-state index in [0.29, 0.717) is 15.8 Å². The normalized spacial score (nSPS) is 15.0. The Kier molecular flexibility index (Phi) is 4.11. The lowest BCUT2D eigenvalue weighted by Gasteiger charge is -2.31. The number of nitrogens with two attached hydrogens (primary N) is 1. The van der Waals surface area contributed by atoms with Crippen LogP contribution in [0.2, 0.25) is 10.0 Å². The van der Waals surface area contributed by atoms with Crippen molar-refractivity contribution in [3.05, 3.63) is 27.7 Å². The summed E-state index contributed by atoms with van der Waals surface area (Å²) in [5.41, 5.74) is 6.61. The number of methoxy groups -OCH3 is 1. The van der Waals surface area contributed by atoms with E-state index in [2.05, 4.69) is 0 Å². The molecule has 0 aliphatic heterocycles. The molecule has 1 rings (SSSR count). The highest BCUT2D eigenvalue weighted by Gasteiger charge is 2.30. The average Bonchev–Trinajstić information content (AvgIpc) is 2.16. The summed E-state index contributed by atoms with van der Waals surface area (Å²) in [7, 11) is 1.58. The molecule has 0 saturated heterocycles. The third-order valence-electron chi connectivity index (χ3n) is 2.99. The molecule has 4 heteroatoms. The van der Waals surface area contributed by atoms with E-state index >= 15 is 0 Å². The summed E-state index contributed by atoms with van der Waals surface area (Å²) in [4.78, 5) is 0. The summed E-state index contributed by atoms with van der Waals surface area (Å²) in [5.74, 6) is 0.848. The third kappa shape index (κ3) is 2.45. The first kappa shape index (κ1) is 13.6. The van der Waals surface area contributed by atoms with Gasteiger partial charge in [0.2, 0.25) is 0 Å². The lowest BCUT2D eigenvalue weighted by Crippen LogP contribution is -2.39. The van der Waals surface area contributed by atoms with Gasteiger partial charge in [-0.3, -0.25) is 0 Å². The summed E-state index contributed by atoms with van der Waals surface area (Å²) < 4.78 is 5.30. The van der Waals surface area contributed by atoms with Crippen molar-refractivity contribution in [1.82, 2.24) is 0 Å². The van der Waals surface area contributed by atoms with Gasteiger partial charge in [-0.05, 0) is 25.0 Å². The summed E-state index contributed by atoms with van der Waals surface area (Å²) in [6.45, 7) is 6.05. The fourth-order valence-electron chi connectivity index (χ4n) is 1.48. The van der Waals surface area contributed by atoms with Crippen LogP contribution >= 0.6 is 23.2 Å². The van der Waals surface area contributed by atoms with E-state index in [0.717, 1.165) is 5.56 Å². The molecule has 0 aliphatic carbocycles. The van der Waals surface area contributed by atoms with Crippen LogP contribution < -0.4 is 10.5 Å². The molecule has 0 radical (unpaired) electrons. The first-order valence-corrected chi connectivity index (χ1v) is 5.88. The van der Waals surface area contributed by atoms with Gasteiger partial charge in [0.1, 0.15) is 5.75 Å². The van der Waals surface area contributed by atoms with Crippen molar-refractivity contribution in [3.8, 4) is 5.75 Å². The van der Waals surface area contributed by atoms with E-state index in [1.165, 1.54) is 0 Å². The summed E-state index contributed by atoms with van der Waals surface area (Å²) in [6, 6.07) is 3.47. The van der Waals surface area contributed by atoms with Gasteiger partial charge in [-0.25, -0.2) is 0 Å². The Labute approximate surface area is 107 Å². The monoisotopic (exact) mass is 261 g/mol. The van der Waals surface area contributed by atoms with Gasteiger partial charge < -0.3 is 10.5 Å². The molecule has 0 aliphatic rings. The van der Waals surface area contributed by atoms with E-state index in [-0.39, 0.29) is 5.92 Å². The minimum Gasteiger partial charge on any atom is -0.495 e. The smallest absolute Gasteiger partial charge is 0.142 e. The molecule has 0 aromatic heterocycles. The van der Waals surface area contributed by atoms with Crippen LogP contribution in [0, 0.1) is 5.92 Å². The van der Waals surface area contributed by atoms with Gasteiger partial charge in [-0.1, -0.05) is 37.0 Å². The fraction of sp³-hybridized carbons (Fsp3) is 0.500. The fourth-order valence-corrected chi connectivity index (χ4v) is 2.05. The van der Waals surface area contributed by atoms with Gasteiger partial charge in [0.15, 0.2) is 0 Å². The molecule has 2 N–H and O–H groups in total. The van der Waals surface area contributed by atoms with Gasteiger partial charge in [0, 0.05) is 16.1 Å². The maximum atomic E-state index is 6.30. The highest BCUT2D eigenvalue weighted by Crippen LogP contribution is 2.39. The van der Waals surface area contributed by atoms with Crippen molar-refractivity contribution >= 4 is 23.2 Å². The molecule has 0 bridgehead atoms. The maximum Gasteiger partial charge on any atom is 0.142 e. The molecular weight excluding hydrogens is 245 g/mol. The average molecular weight is 262 g/mol. The zero-order valence-electron chi connectivity index (χ0n) is 9.97. The topological polar surface area (TPSA) is 35.2 Å². The molecule has 0 spiro atoms. The Morgan fingerprint density at radius 1 is 1.31 bits per heavy atom. The largest absolute Gasteiger partial charge is 0.495 e. The van der Waals surface area contributed by atoms with Crippen LogP contribution in [0.25, 0.3) is 0 Å². The minimum atomic E-state index is -0.528. The number of ether oxygens (including phenoxy) is 1. The van der Waals surface area contributed by atoms with Gasteiger partial charge in [0.25, 0.3) is 0 Å². The van der Waals surface area contributed by atoms with Gasteiger partial charge in [0.05, 0.1) is 12.1 Å². The number of rotatable bonds is 3. The molecule has 90 valence electrons. The highest BCUT2D eigenvalue weighted by molar-refractivity contribution is 6.35. The van der Waals surface area contributed by atoms with E-state index < -0.39 is 5.54 Å². The van der Waals surface area contributed by atoms with Crippen LogP contribution in [0.4, 0.5) is 0 Å². The van der Waals surface area contributed by atoms with Gasteiger partial charge in [-0.15, -0.1) is 0 Å². The molecule has 2 nitrogen and oxygen atoms in total. The van der Waals surface area contributed by atoms with Crippen LogP contribution in [0.3, 0.4) is 0 Å². The van der Waals surface area contributed by atoms with E-state index in [4.69, 9.17) is 33.7 Å². The molecule has 1 aromatic rings. The molecule has 0 heterocycles. The molecular formula is C12H17Cl2NO. The molecule has 0 amide bonds. The number of hydrogen-bond acceptors (Lipinski definition) is 2. The number of hydrogen-bond donors (Lipinski definition) is 1. The van der Waals surface area contributed by atoms with Crippen LogP contribution in [-0.2, 0) is 5.54 Å². The lowest BCUT2D eigenvalue weighted by molar-refractivity contribution is 0.326. The van der Waals surface area contributed by atoms with E-state index in [1.807, 2.05) is 26.8 Å². The van der Waals surface area contributed by atoms with Crippen molar-refractivity contribution < 1.29 is 4.74 Å². The van der Waals surface area contributed by atoms with Crippen molar-refractivity contribution in [2.24, 2.45) is 11.7 Å². The molecule has 0 saturated carbocycles. The van der Waals surface area contributed by atoms with Crippen molar-refractivity contribution in [2.75, 3.05) is 7.11 Å². The minimum absolute atomic E-state index is 0.246. The quantitative estimate of drug-likeness (QED) is 0.898. The van der Waals surface area contributed by atoms with Crippen molar-refractivity contribution in [2.45, 2.75) is 26.3 Å². The second-order valence-corrected chi connectivity index (χ2v) is 5.25. The number of halogens is 2. The van der Waals surface area contributed by atoms with Gasteiger partial charge in [-0.2, -0.15) is 0 Å². The predicted octanol–water partition coefficient (Wildman–Crippen LogP) is 3.83. The van der Waals surface area contributed by atoms with E-state index in [9.17, 15) is 0 Å². The first-order chi connectivity index (χ1) is 7.30. The molecule has 1 atom stereocenters. The van der Waals surface area contributed by atoms with E-state index in [1.54, 1.807) is 13.2 Å². The van der Waals surface area contributed by atoms with Crippen molar-refractivity contribution in [1.29, 1.82) is 0 Å². The standard InChI is InChI=1S/C12H17Cl2NO/c1-7(2)12(3,15)9-5-8(13)6-10(14)11(9)16-4/h5-7H,15H2,1-4H3. The van der Waals surface area contributed by atoms with Crippen LogP contribution in [0.1, 0.15) is 26.3 Å². The highest BCUT2D eigenvalue weighted by atomic mass is 35.5. The van der Waals surface area contributed by atoms with Crippen LogP contribution in [0.15, 0.2) is 12.1 Å². The van der Waals surface area contributed by atoms with Crippen molar-refractivity contribution in [3.63, 3.8) is 0 Å². The molecule has 1 unspecified atom stereocenters. The SMILES string of the molecule is COc1c(Cl)cc(Cl)cc1C(C)(N)C(C)C. The molecule has 1 aromatic carbocycles. The Morgan fingerprint density at radius 2 is 1.88 bits per heavy atom. The Hall–Kier alpha value is -0.440. The van der Waals surface area contributed by atoms with Crippen LogP contribution in [-0.4, -0.2) is 7.11 Å². The predicted molar refractivity (Wildman–Crippen MR) is 69.4 cm³/mol. The first-order valence-electron chi connectivity index (χ1n) is 5.13. The molecule has 0 fully saturated rings. The Balaban J connectivity index is 3.42. The zero-order valence-corrected chi connectivity index (χ0v) is 11.5. The third-order valence-corrected chi connectivity index (χ3v) is 3.49. The lowest BCUT2D eigenvalue weighted by atomic mass is 9.82. The second-order valence-electron chi connectivity index (χ2n) is 4.41. The summed E-state index contributed by atoms with van der Waals surface area (Å²) in [6.07, 6.45) is 0. The zero-order chi connectivity index (χ0) is 12.5. The summed E-state index contributed by atoms with van der Waals surface area (Å²) in [5, 5.41) is 1.06. The molecule has 16 heavy (non-hydrogen) atoms. The number of benzene rings is 1. The maximum absolute atomic E-state index is 6.30.